The zero-order chi connectivity index (χ0) is 15.1. The fraction of sp³-hybridized carbons (Fsp3) is 0.588. The average Bonchev–Trinajstić information content (AvgIpc) is 2.53. The topological polar surface area (TPSA) is 64.3 Å². The van der Waals surface area contributed by atoms with Crippen molar-refractivity contribution in [3.63, 3.8) is 0 Å². The van der Waals surface area contributed by atoms with Gasteiger partial charge in [-0.2, -0.15) is 0 Å². The summed E-state index contributed by atoms with van der Waals surface area (Å²) in [5.41, 5.74) is 6.59. The van der Waals surface area contributed by atoms with E-state index in [4.69, 9.17) is 10.5 Å². The van der Waals surface area contributed by atoms with E-state index in [1.807, 2.05) is 24.3 Å². The summed E-state index contributed by atoms with van der Waals surface area (Å²) in [5, 5.41) is 3.13. The maximum Gasteiger partial charge on any atom is 0.258 e. The Morgan fingerprint density at radius 1 is 1.33 bits per heavy atom. The van der Waals surface area contributed by atoms with Crippen LogP contribution in [0, 0.1) is 5.92 Å². The van der Waals surface area contributed by atoms with Gasteiger partial charge < -0.3 is 15.8 Å². The molecule has 4 nitrogen and oxygen atoms in total. The van der Waals surface area contributed by atoms with Gasteiger partial charge in [0.15, 0.2) is 6.61 Å². The van der Waals surface area contributed by atoms with Crippen LogP contribution >= 0.6 is 0 Å². The predicted octanol–water partition coefficient (Wildman–Crippen LogP) is 2.61. The molecule has 2 unspecified atom stereocenters. The monoisotopic (exact) mass is 290 g/mol. The smallest absolute Gasteiger partial charge is 0.258 e. The maximum absolute atomic E-state index is 12.1. The van der Waals surface area contributed by atoms with E-state index in [1.54, 1.807) is 0 Å². The van der Waals surface area contributed by atoms with Gasteiger partial charge in [0.05, 0.1) is 0 Å². The minimum absolute atomic E-state index is 0.0350. The Labute approximate surface area is 127 Å². The first-order valence-corrected chi connectivity index (χ1v) is 7.94. The Kier molecular flexibility index (Phi) is 6.05. The molecule has 0 bridgehead atoms. The highest BCUT2D eigenvalue weighted by Gasteiger charge is 2.25. The van der Waals surface area contributed by atoms with Crippen molar-refractivity contribution in [3.8, 4) is 5.75 Å². The highest BCUT2D eigenvalue weighted by Crippen LogP contribution is 2.26. The Balaban J connectivity index is 1.84. The van der Waals surface area contributed by atoms with Crippen LogP contribution < -0.4 is 15.8 Å². The maximum atomic E-state index is 12.1. The van der Waals surface area contributed by atoms with Crippen LogP contribution in [0.5, 0.6) is 5.75 Å². The zero-order valence-electron chi connectivity index (χ0n) is 12.8. The van der Waals surface area contributed by atoms with Crippen molar-refractivity contribution < 1.29 is 9.53 Å². The lowest BCUT2D eigenvalue weighted by atomic mass is 9.83. The zero-order valence-corrected chi connectivity index (χ0v) is 12.8. The van der Waals surface area contributed by atoms with E-state index >= 15 is 0 Å². The van der Waals surface area contributed by atoms with E-state index in [9.17, 15) is 4.79 Å². The predicted molar refractivity (Wildman–Crippen MR) is 84.0 cm³/mol. The van der Waals surface area contributed by atoms with Crippen molar-refractivity contribution in [2.75, 3.05) is 6.61 Å². The van der Waals surface area contributed by atoms with E-state index in [0.29, 0.717) is 24.3 Å². The first-order valence-electron chi connectivity index (χ1n) is 7.94. The minimum atomic E-state index is -0.0350. The van der Waals surface area contributed by atoms with Gasteiger partial charge >= 0.3 is 0 Å². The molecule has 1 aromatic rings. The Morgan fingerprint density at radius 2 is 2.10 bits per heavy atom. The number of carbonyl (C=O) groups excluding carboxylic acids is 1. The molecular weight excluding hydrogens is 264 g/mol. The van der Waals surface area contributed by atoms with Gasteiger partial charge in [0.25, 0.3) is 5.91 Å². The summed E-state index contributed by atoms with van der Waals surface area (Å²) in [5.74, 6) is 1.28. The van der Waals surface area contributed by atoms with Crippen molar-refractivity contribution in [1.82, 2.24) is 5.32 Å². The molecule has 116 valence electrons. The average molecular weight is 290 g/mol. The number of ether oxygens (including phenoxy) is 1. The van der Waals surface area contributed by atoms with Gasteiger partial charge in [-0.05, 0) is 24.8 Å². The second-order valence-corrected chi connectivity index (χ2v) is 5.73. The summed E-state index contributed by atoms with van der Waals surface area (Å²) in [6.45, 7) is 2.67. The van der Waals surface area contributed by atoms with Gasteiger partial charge in [0.1, 0.15) is 5.75 Å². The number of nitrogens with two attached hydrogens (primary N) is 1. The van der Waals surface area contributed by atoms with E-state index in [-0.39, 0.29) is 12.5 Å². The summed E-state index contributed by atoms with van der Waals surface area (Å²) in [6, 6.07) is 7.89. The molecule has 0 aromatic heterocycles. The molecule has 0 saturated heterocycles. The third kappa shape index (κ3) is 4.46. The highest BCUT2D eigenvalue weighted by molar-refractivity contribution is 5.77. The van der Waals surface area contributed by atoms with Crippen LogP contribution in [0.2, 0.25) is 0 Å². The molecule has 1 aromatic carbocycles. The van der Waals surface area contributed by atoms with Crippen molar-refractivity contribution in [3.05, 3.63) is 29.8 Å². The minimum Gasteiger partial charge on any atom is -0.483 e. The van der Waals surface area contributed by atoms with Gasteiger partial charge in [0.2, 0.25) is 0 Å². The Bertz CT molecular complexity index is 462. The number of hydrogen-bond acceptors (Lipinski definition) is 3. The lowest BCUT2D eigenvalue weighted by molar-refractivity contribution is -0.124. The van der Waals surface area contributed by atoms with Gasteiger partial charge in [-0.3, -0.25) is 4.79 Å². The number of nitrogens with one attached hydrogen (secondary N) is 1. The Hall–Kier alpha value is -1.55. The van der Waals surface area contributed by atoms with Crippen LogP contribution in [-0.4, -0.2) is 18.6 Å². The molecule has 3 N–H and O–H groups in total. The number of rotatable bonds is 6. The molecule has 21 heavy (non-hydrogen) atoms. The molecule has 0 heterocycles. The lowest BCUT2D eigenvalue weighted by Gasteiger charge is -2.31. The second-order valence-electron chi connectivity index (χ2n) is 5.73. The van der Waals surface area contributed by atoms with Gasteiger partial charge in [0, 0.05) is 18.2 Å². The number of carbonyl (C=O) groups is 1. The van der Waals surface area contributed by atoms with Crippen molar-refractivity contribution in [1.29, 1.82) is 0 Å². The summed E-state index contributed by atoms with van der Waals surface area (Å²) in [7, 11) is 0. The number of para-hydroxylation sites is 1. The normalized spacial score (nSPS) is 21.8. The molecule has 1 saturated carbocycles. The number of benzene rings is 1. The fourth-order valence-electron chi connectivity index (χ4n) is 3.09. The van der Waals surface area contributed by atoms with Crippen molar-refractivity contribution in [2.24, 2.45) is 11.7 Å². The number of amides is 1. The molecule has 1 amide bonds. The first-order chi connectivity index (χ1) is 10.2. The molecule has 1 aliphatic rings. The highest BCUT2D eigenvalue weighted by atomic mass is 16.5. The van der Waals surface area contributed by atoms with Crippen molar-refractivity contribution >= 4 is 5.91 Å². The molecule has 2 atom stereocenters. The van der Waals surface area contributed by atoms with E-state index in [0.717, 1.165) is 18.4 Å². The third-order valence-electron chi connectivity index (χ3n) is 4.33. The van der Waals surface area contributed by atoms with Gasteiger partial charge in [-0.1, -0.05) is 44.4 Å². The summed E-state index contributed by atoms with van der Waals surface area (Å²) in [4.78, 5) is 12.1. The van der Waals surface area contributed by atoms with Crippen LogP contribution in [0.25, 0.3) is 0 Å². The van der Waals surface area contributed by atoms with Crippen LogP contribution in [0.3, 0.4) is 0 Å². The van der Waals surface area contributed by atoms with Gasteiger partial charge in [-0.25, -0.2) is 0 Å². The van der Waals surface area contributed by atoms with E-state index < -0.39 is 0 Å². The van der Waals surface area contributed by atoms with Crippen LogP contribution in [-0.2, 0) is 11.3 Å². The standard InChI is InChI=1S/C17H26N2O2/c1-2-13-7-3-5-9-15(13)19-17(20)12-21-16-10-6-4-8-14(16)11-18/h4,6,8,10,13,15H,2-3,5,7,9,11-12,18H2,1H3,(H,19,20). The quantitative estimate of drug-likeness (QED) is 0.846. The second kappa shape index (κ2) is 8.03. The van der Waals surface area contributed by atoms with E-state index in [2.05, 4.69) is 12.2 Å². The fourth-order valence-corrected chi connectivity index (χ4v) is 3.09. The van der Waals surface area contributed by atoms with Crippen molar-refractivity contribution in [2.45, 2.75) is 51.6 Å². The van der Waals surface area contributed by atoms with Crippen LogP contribution in [0.4, 0.5) is 0 Å². The van der Waals surface area contributed by atoms with Crippen LogP contribution in [0.15, 0.2) is 24.3 Å². The lowest BCUT2D eigenvalue weighted by Crippen LogP contribution is -2.43. The molecule has 2 rings (SSSR count). The summed E-state index contributed by atoms with van der Waals surface area (Å²) >= 11 is 0. The summed E-state index contributed by atoms with van der Waals surface area (Å²) in [6.07, 6.45) is 5.92. The molecule has 0 aliphatic heterocycles. The SMILES string of the molecule is CCC1CCCCC1NC(=O)COc1ccccc1CN. The number of hydrogen-bond donors (Lipinski definition) is 2. The molecule has 0 radical (unpaired) electrons. The van der Waals surface area contributed by atoms with Crippen LogP contribution in [0.1, 0.15) is 44.6 Å². The molecular formula is C17H26N2O2. The molecule has 1 fully saturated rings. The summed E-state index contributed by atoms with van der Waals surface area (Å²) < 4.78 is 5.61. The Morgan fingerprint density at radius 3 is 2.86 bits per heavy atom. The first kappa shape index (κ1) is 15.8. The third-order valence-corrected chi connectivity index (χ3v) is 4.33. The largest absolute Gasteiger partial charge is 0.483 e. The molecule has 0 spiro atoms. The molecule has 1 aliphatic carbocycles. The van der Waals surface area contributed by atoms with Gasteiger partial charge in [-0.15, -0.1) is 0 Å². The van der Waals surface area contributed by atoms with E-state index in [1.165, 1.54) is 19.3 Å². The molecule has 4 heteroatoms.